The van der Waals surface area contributed by atoms with Gasteiger partial charge in [-0.05, 0) is 51.4 Å². The highest BCUT2D eigenvalue weighted by Crippen LogP contribution is 2.15. The molecule has 2 heteroatoms. The summed E-state index contributed by atoms with van der Waals surface area (Å²) in [4.78, 5) is 0. The molecule has 0 aliphatic heterocycles. The molecular weight excluding hydrogens is 460 g/mol. The highest BCUT2D eigenvalue weighted by molar-refractivity contribution is 4.51. The van der Waals surface area contributed by atoms with Crippen molar-refractivity contribution in [2.45, 2.75) is 181 Å². The summed E-state index contributed by atoms with van der Waals surface area (Å²) in [5, 5.41) is 0. The van der Waals surface area contributed by atoms with Crippen molar-refractivity contribution in [1.82, 2.24) is 0 Å². The zero-order chi connectivity index (χ0) is 28.2. The Labute approximate surface area is 243 Å². The predicted molar refractivity (Wildman–Crippen MR) is 175 cm³/mol. The Morgan fingerprint density at radius 1 is 0.237 bits per heavy atom. The van der Waals surface area contributed by atoms with Gasteiger partial charge in [-0.25, -0.2) is 0 Å². The Bertz CT molecular complexity index is 456. The molecule has 0 N–H and O–H groups in total. The van der Waals surface area contributed by atoms with Crippen molar-refractivity contribution >= 4 is 0 Å². The molecule has 0 amide bonds. The van der Waals surface area contributed by atoms with E-state index in [0.717, 1.165) is 0 Å². The summed E-state index contributed by atoms with van der Waals surface area (Å²) in [6.07, 6.45) is 37.6. The Morgan fingerprint density at radius 3 is 0.579 bits per heavy atom. The van der Waals surface area contributed by atoms with Gasteiger partial charge in [-0.15, -0.1) is 0 Å². The van der Waals surface area contributed by atoms with Crippen LogP contribution in [0.4, 0.5) is 0 Å². The fourth-order valence-electron chi connectivity index (χ4n) is 6.06. The van der Waals surface area contributed by atoms with E-state index in [2.05, 4.69) is 42.0 Å². The Balaban J connectivity index is 3.51. The molecule has 230 valence electrons. The first kappa shape index (κ1) is 37.9. The fourth-order valence-corrected chi connectivity index (χ4v) is 6.06. The normalized spacial score (nSPS) is 12.5. The van der Waals surface area contributed by atoms with Crippen molar-refractivity contribution in [2.75, 3.05) is 54.4 Å². The standard InChI is InChI=1S/C36H78N2/c1-7-9-11-13-15-17-19-20-22-24-26-30-34-38(5,6)36-32-28-27-31-35-37(3,4)33-29-25-23-21-18-16-14-12-10-8-2/h7-36H2,1-6H3/q+2. The van der Waals surface area contributed by atoms with Crippen LogP contribution in [0.5, 0.6) is 0 Å². The molecule has 38 heavy (non-hydrogen) atoms. The number of nitrogens with zero attached hydrogens (tertiary/aromatic N) is 2. The number of quaternary nitrogens is 2. The number of hydrogen-bond acceptors (Lipinski definition) is 0. The van der Waals surface area contributed by atoms with Crippen molar-refractivity contribution < 1.29 is 8.97 Å². The maximum atomic E-state index is 2.46. The van der Waals surface area contributed by atoms with Crippen LogP contribution in [-0.2, 0) is 0 Å². The molecule has 0 aromatic heterocycles. The van der Waals surface area contributed by atoms with E-state index < -0.39 is 0 Å². The summed E-state index contributed by atoms with van der Waals surface area (Å²) in [6, 6.07) is 0. The van der Waals surface area contributed by atoms with Gasteiger partial charge in [0.05, 0.1) is 54.4 Å². The summed E-state index contributed by atoms with van der Waals surface area (Å²) < 4.78 is 2.47. The number of rotatable bonds is 31. The molecule has 0 bridgehead atoms. The van der Waals surface area contributed by atoms with Crippen LogP contribution in [-0.4, -0.2) is 63.3 Å². The number of hydrogen-bond donors (Lipinski definition) is 0. The van der Waals surface area contributed by atoms with Crippen LogP contribution in [0.15, 0.2) is 0 Å². The van der Waals surface area contributed by atoms with Gasteiger partial charge in [-0.2, -0.15) is 0 Å². The van der Waals surface area contributed by atoms with Gasteiger partial charge in [0, 0.05) is 0 Å². The van der Waals surface area contributed by atoms with Crippen LogP contribution >= 0.6 is 0 Å². The van der Waals surface area contributed by atoms with E-state index >= 15 is 0 Å². The highest BCUT2D eigenvalue weighted by atomic mass is 15.3. The lowest BCUT2D eigenvalue weighted by Crippen LogP contribution is -2.41. The fraction of sp³-hybridized carbons (Fsp3) is 1.00. The van der Waals surface area contributed by atoms with Crippen molar-refractivity contribution in [3.63, 3.8) is 0 Å². The van der Waals surface area contributed by atoms with Gasteiger partial charge in [-0.3, -0.25) is 0 Å². The Kier molecular flexibility index (Phi) is 27.1. The predicted octanol–water partition coefficient (Wildman–Crippen LogP) is 11.3. The molecule has 0 unspecified atom stereocenters. The van der Waals surface area contributed by atoms with Gasteiger partial charge < -0.3 is 8.97 Å². The van der Waals surface area contributed by atoms with Crippen LogP contribution in [0.2, 0.25) is 0 Å². The SMILES string of the molecule is CCCCCCCCCCCCCC[N+](C)(C)CCCCCC[N+](C)(C)CCCCCCCCCCCC. The van der Waals surface area contributed by atoms with Gasteiger partial charge >= 0.3 is 0 Å². The molecule has 0 saturated heterocycles. The summed E-state index contributed by atoms with van der Waals surface area (Å²) >= 11 is 0. The van der Waals surface area contributed by atoms with E-state index in [1.54, 1.807) is 0 Å². The first-order valence-corrected chi connectivity index (χ1v) is 18.0. The second-order valence-corrected chi connectivity index (χ2v) is 14.3. The average molecular weight is 539 g/mol. The van der Waals surface area contributed by atoms with Crippen molar-refractivity contribution in [3.05, 3.63) is 0 Å². The minimum atomic E-state index is 1.23. The average Bonchev–Trinajstić information content (AvgIpc) is 2.87. The highest BCUT2D eigenvalue weighted by Gasteiger charge is 2.15. The van der Waals surface area contributed by atoms with E-state index in [9.17, 15) is 0 Å². The lowest BCUT2D eigenvalue weighted by Gasteiger charge is -2.31. The van der Waals surface area contributed by atoms with E-state index in [1.165, 1.54) is 202 Å². The quantitative estimate of drug-likeness (QED) is 0.0608. The minimum absolute atomic E-state index is 1.23. The molecule has 0 rings (SSSR count). The van der Waals surface area contributed by atoms with E-state index in [1.807, 2.05) is 0 Å². The topological polar surface area (TPSA) is 0 Å². The zero-order valence-corrected chi connectivity index (χ0v) is 28.1. The zero-order valence-electron chi connectivity index (χ0n) is 28.1. The van der Waals surface area contributed by atoms with Gasteiger partial charge in [0.2, 0.25) is 0 Å². The smallest absolute Gasteiger partial charge is 0.0782 e. The molecule has 0 aliphatic rings. The maximum Gasteiger partial charge on any atom is 0.0782 e. The Hall–Kier alpha value is -0.0800. The third-order valence-corrected chi connectivity index (χ3v) is 9.01. The first-order chi connectivity index (χ1) is 18.3. The molecule has 0 spiro atoms. The van der Waals surface area contributed by atoms with Crippen LogP contribution in [0.25, 0.3) is 0 Å². The Morgan fingerprint density at radius 2 is 0.395 bits per heavy atom. The van der Waals surface area contributed by atoms with Crippen LogP contribution < -0.4 is 0 Å². The van der Waals surface area contributed by atoms with Crippen molar-refractivity contribution in [3.8, 4) is 0 Å². The second kappa shape index (κ2) is 27.1. The van der Waals surface area contributed by atoms with Crippen molar-refractivity contribution in [2.24, 2.45) is 0 Å². The minimum Gasteiger partial charge on any atom is -0.328 e. The molecule has 0 saturated carbocycles. The van der Waals surface area contributed by atoms with Gasteiger partial charge in [0.15, 0.2) is 0 Å². The molecular formula is C36H78N2+2. The van der Waals surface area contributed by atoms with Crippen LogP contribution in [0.3, 0.4) is 0 Å². The molecule has 0 aromatic rings. The van der Waals surface area contributed by atoms with Gasteiger partial charge in [0.25, 0.3) is 0 Å². The first-order valence-electron chi connectivity index (χ1n) is 18.0. The second-order valence-electron chi connectivity index (χ2n) is 14.3. The molecule has 0 aromatic carbocycles. The molecule has 0 radical (unpaired) electrons. The van der Waals surface area contributed by atoms with Crippen LogP contribution in [0.1, 0.15) is 181 Å². The van der Waals surface area contributed by atoms with E-state index in [4.69, 9.17) is 0 Å². The van der Waals surface area contributed by atoms with Gasteiger partial charge in [0.1, 0.15) is 0 Å². The molecule has 0 fully saturated rings. The lowest BCUT2D eigenvalue weighted by molar-refractivity contribution is -0.891. The third kappa shape index (κ3) is 28.9. The summed E-state index contributed by atoms with van der Waals surface area (Å²) in [5.41, 5.74) is 0. The summed E-state index contributed by atoms with van der Waals surface area (Å²) in [6.45, 7) is 10.1. The monoisotopic (exact) mass is 539 g/mol. The molecule has 0 aliphatic carbocycles. The maximum absolute atomic E-state index is 2.46. The van der Waals surface area contributed by atoms with E-state index in [0.29, 0.717) is 0 Å². The third-order valence-electron chi connectivity index (χ3n) is 9.01. The number of unbranched alkanes of at least 4 members (excludes halogenated alkanes) is 23. The summed E-state index contributed by atoms with van der Waals surface area (Å²) in [5.74, 6) is 0. The van der Waals surface area contributed by atoms with Crippen LogP contribution in [0, 0.1) is 0 Å². The van der Waals surface area contributed by atoms with Crippen molar-refractivity contribution in [1.29, 1.82) is 0 Å². The molecule has 0 heterocycles. The molecule has 0 atom stereocenters. The van der Waals surface area contributed by atoms with Gasteiger partial charge in [-0.1, -0.05) is 129 Å². The van der Waals surface area contributed by atoms with E-state index in [-0.39, 0.29) is 0 Å². The summed E-state index contributed by atoms with van der Waals surface area (Å²) in [7, 11) is 9.85. The lowest BCUT2D eigenvalue weighted by atomic mass is 10.1. The largest absolute Gasteiger partial charge is 0.328 e. The molecule has 2 nitrogen and oxygen atoms in total.